The van der Waals surface area contributed by atoms with Crippen molar-refractivity contribution in [2.75, 3.05) is 26.2 Å². The molecular weight excluding hydrogens is 340 g/mol. The zero-order chi connectivity index (χ0) is 19.6. The van der Waals surface area contributed by atoms with Crippen molar-refractivity contribution in [1.82, 2.24) is 9.80 Å². The molecule has 2 atom stereocenters. The first-order valence-electron chi connectivity index (χ1n) is 9.80. The molecule has 146 valence electrons. The zero-order valence-electron chi connectivity index (χ0n) is 16.6. The maximum Gasteiger partial charge on any atom is 0.307 e. The normalized spacial score (nSPS) is 24.2. The minimum Gasteiger partial charge on any atom is -0.481 e. The van der Waals surface area contributed by atoms with Crippen LogP contribution in [-0.4, -0.2) is 53.0 Å². The molecule has 0 unspecified atom stereocenters. The van der Waals surface area contributed by atoms with Crippen molar-refractivity contribution >= 4 is 11.9 Å². The first kappa shape index (κ1) is 19.6. The number of allylic oxidation sites excluding steroid dienone is 2. The lowest BCUT2D eigenvalue weighted by Gasteiger charge is -2.38. The van der Waals surface area contributed by atoms with Crippen LogP contribution >= 0.6 is 0 Å². The van der Waals surface area contributed by atoms with Crippen LogP contribution in [0.25, 0.3) is 0 Å². The van der Waals surface area contributed by atoms with Gasteiger partial charge >= 0.3 is 5.97 Å². The number of amides is 1. The van der Waals surface area contributed by atoms with Crippen LogP contribution in [0.4, 0.5) is 0 Å². The number of hydrogen-bond acceptors (Lipinski definition) is 3. The van der Waals surface area contributed by atoms with Crippen molar-refractivity contribution in [2.24, 2.45) is 11.8 Å². The van der Waals surface area contributed by atoms with Crippen LogP contribution in [0.3, 0.4) is 0 Å². The summed E-state index contributed by atoms with van der Waals surface area (Å²) in [7, 11) is 0. The van der Waals surface area contributed by atoms with Crippen molar-refractivity contribution in [3.05, 3.63) is 46.5 Å². The predicted octanol–water partition coefficient (Wildman–Crippen LogP) is 3.09. The van der Waals surface area contributed by atoms with Crippen LogP contribution in [0.2, 0.25) is 0 Å². The molecule has 1 aliphatic heterocycles. The summed E-state index contributed by atoms with van der Waals surface area (Å²) in [6, 6.07) is 8.57. The smallest absolute Gasteiger partial charge is 0.307 e. The van der Waals surface area contributed by atoms with Gasteiger partial charge in [-0.05, 0) is 39.2 Å². The van der Waals surface area contributed by atoms with Gasteiger partial charge in [-0.3, -0.25) is 14.5 Å². The monoisotopic (exact) mass is 370 g/mol. The lowest BCUT2D eigenvalue weighted by atomic mass is 9.76. The standard InChI is InChI=1S/C22H30N2O3/c1-15-4-6-18(7-5-15)14-23-8-10-24(11-9-23)21(25)19-12-16(2)17(3)13-20(19)22(26)27/h4-7,19-20H,8-14H2,1-3H3,(H,26,27)/t19-,20+/m1/s1. The Morgan fingerprint density at radius 3 is 2.04 bits per heavy atom. The van der Waals surface area contributed by atoms with E-state index in [1.165, 1.54) is 16.7 Å². The van der Waals surface area contributed by atoms with E-state index in [0.29, 0.717) is 25.9 Å². The molecule has 1 fully saturated rings. The molecule has 0 bridgehead atoms. The number of aryl methyl sites for hydroxylation is 1. The number of benzene rings is 1. The third kappa shape index (κ3) is 4.59. The summed E-state index contributed by atoms with van der Waals surface area (Å²) in [5.41, 5.74) is 4.84. The van der Waals surface area contributed by atoms with E-state index >= 15 is 0 Å². The van der Waals surface area contributed by atoms with Gasteiger partial charge in [-0.15, -0.1) is 0 Å². The van der Waals surface area contributed by atoms with Gasteiger partial charge in [0.2, 0.25) is 5.91 Å². The number of piperazine rings is 1. The molecule has 0 radical (unpaired) electrons. The summed E-state index contributed by atoms with van der Waals surface area (Å²) >= 11 is 0. The third-order valence-corrected chi connectivity index (χ3v) is 6.11. The Kier molecular flexibility index (Phi) is 6.00. The van der Waals surface area contributed by atoms with Gasteiger partial charge in [0.25, 0.3) is 0 Å². The van der Waals surface area contributed by atoms with Crippen LogP contribution in [-0.2, 0) is 16.1 Å². The Morgan fingerprint density at radius 1 is 0.926 bits per heavy atom. The van der Waals surface area contributed by atoms with Gasteiger partial charge in [0.15, 0.2) is 0 Å². The second-order valence-electron chi connectivity index (χ2n) is 8.11. The van der Waals surface area contributed by atoms with E-state index in [4.69, 9.17) is 0 Å². The highest BCUT2D eigenvalue weighted by molar-refractivity contribution is 5.85. The highest BCUT2D eigenvalue weighted by atomic mass is 16.4. The molecule has 0 aromatic heterocycles. The topological polar surface area (TPSA) is 60.9 Å². The van der Waals surface area contributed by atoms with Crippen molar-refractivity contribution in [1.29, 1.82) is 0 Å². The van der Waals surface area contributed by atoms with Gasteiger partial charge in [0.05, 0.1) is 11.8 Å². The fourth-order valence-electron chi connectivity index (χ4n) is 4.12. The lowest BCUT2D eigenvalue weighted by molar-refractivity contribution is -0.151. The Bertz CT molecular complexity index is 730. The molecule has 0 spiro atoms. The van der Waals surface area contributed by atoms with E-state index in [-0.39, 0.29) is 5.91 Å². The van der Waals surface area contributed by atoms with E-state index < -0.39 is 17.8 Å². The molecule has 1 aromatic rings. The predicted molar refractivity (Wildman–Crippen MR) is 105 cm³/mol. The molecule has 1 heterocycles. The number of nitrogens with zero attached hydrogens (tertiary/aromatic N) is 2. The van der Waals surface area contributed by atoms with Crippen LogP contribution in [0.15, 0.2) is 35.4 Å². The molecular formula is C22H30N2O3. The summed E-state index contributed by atoms with van der Waals surface area (Å²) in [4.78, 5) is 29.0. The van der Waals surface area contributed by atoms with Crippen LogP contribution in [0.1, 0.15) is 37.8 Å². The van der Waals surface area contributed by atoms with Crippen LogP contribution in [0, 0.1) is 18.8 Å². The highest BCUT2D eigenvalue weighted by Gasteiger charge is 2.39. The van der Waals surface area contributed by atoms with Gasteiger partial charge in [-0.25, -0.2) is 0 Å². The number of hydrogen-bond donors (Lipinski definition) is 1. The fourth-order valence-corrected chi connectivity index (χ4v) is 4.12. The van der Waals surface area contributed by atoms with Gasteiger partial charge < -0.3 is 10.0 Å². The van der Waals surface area contributed by atoms with Crippen molar-refractivity contribution in [3.63, 3.8) is 0 Å². The Balaban J connectivity index is 1.59. The molecule has 1 saturated heterocycles. The highest BCUT2D eigenvalue weighted by Crippen LogP contribution is 2.35. The Morgan fingerprint density at radius 2 is 1.48 bits per heavy atom. The molecule has 5 nitrogen and oxygen atoms in total. The molecule has 2 aliphatic rings. The quantitative estimate of drug-likeness (QED) is 0.828. The average Bonchev–Trinajstić information content (AvgIpc) is 2.65. The van der Waals surface area contributed by atoms with Gasteiger partial charge in [-0.2, -0.15) is 0 Å². The zero-order valence-corrected chi connectivity index (χ0v) is 16.6. The minimum atomic E-state index is -0.849. The average molecular weight is 370 g/mol. The summed E-state index contributed by atoms with van der Waals surface area (Å²) in [6.45, 7) is 10.00. The summed E-state index contributed by atoms with van der Waals surface area (Å²) in [5, 5.41) is 9.58. The second kappa shape index (κ2) is 8.26. The molecule has 1 amide bonds. The van der Waals surface area contributed by atoms with Crippen LogP contribution in [0.5, 0.6) is 0 Å². The summed E-state index contributed by atoms with van der Waals surface area (Å²) in [6.07, 6.45) is 1.07. The Labute approximate surface area is 161 Å². The minimum absolute atomic E-state index is 0.0178. The van der Waals surface area contributed by atoms with Gasteiger partial charge in [0, 0.05) is 32.7 Å². The number of aliphatic carboxylic acids is 1. The van der Waals surface area contributed by atoms with Crippen molar-refractivity contribution in [2.45, 2.75) is 40.2 Å². The van der Waals surface area contributed by atoms with Crippen molar-refractivity contribution < 1.29 is 14.7 Å². The van der Waals surface area contributed by atoms with Crippen LogP contribution < -0.4 is 0 Å². The van der Waals surface area contributed by atoms with Gasteiger partial charge in [-0.1, -0.05) is 41.0 Å². The van der Waals surface area contributed by atoms with E-state index in [0.717, 1.165) is 25.2 Å². The van der Waals surface area contributed by atoms with E-state index in [9.17, 15) is 14.7 Å². The van der Waals surface area contributed by atoms with Crippen molar-refractivity contribution in [3.8, 4) is 0 Å². The maximum atomic E-state index is 13.0. The molecule has 5 heteroatoms. The maximum absolute atomic E-state index is 13.0. The molecule has 3 rings (SSSR count). The van der Waals surface area contributed by atoms with E-state index in [1.807, 2.05) is 18.7 Å². The molecule has 1 aromatic carbocycles. The molecule has 0 saturated carbocycles. The largest absolute Gasteiger partial charge is 0.481 e. The van der Waals surface area contributed by atoms with Gasteiger partial charge in [0.1, 0.15) is 0 Å². The molecule has 1 aliphatic carbocycles. The molecule has 27 heavy (non-hydrogen) atoms. The number of rotatable bonds is 4. The lowest BCUT2D eigenvalue weighted by Crippen LogP contribution is -2.51. The number of carbonyl (C=O) groups is 2. The summed E-state index contributed by atoms with van der Waals surface area (Å²) < 4.78 is 0. The second-order valence-corrected chi connectivity index (χ2v) is 8.11. The van der Waals surface area contributed by atoms with E-state index in [2.05, 4.69) is 36.1 Å². The number of carbonyl (C=O) groups excluding carboxylic acids is 1. The van der Waals surface area contributed by atoms with E-state index in [1.54, 1.807) is 0 Å². The first-order valence-corrected chi connectivity index (χ1v) is 9.80. The molecule has 1 N–H and O–H groups in total. The third-order valence-electron chi connectivity index (χ3n) is 6.11. The fraction of sp³-hybridized carbons (Fsp3) is 0.545. The first-order chi connectivity index (χ1) is 12.8. The number of carboxylic acid groups (broad SMARTS) is 1. The number of carboxylic acids is 1. The Hall–Kier alpha value is -2.14. The summed E-state index contributed by atoms with van der Waals surface area (Å²) in [5.74, 6) is -1.84. The SMILES string of the molecule is CC1=C(C)C[C@@H](C(=O)N2CCN(Cc3ccc(C)cc3)CC2)[C@@H](C(=O)O)C1.